The number of guanidine groups is 1. The van der Waals surface area contributed by atoms with Crippen molar-refractivity contribution >= 4 is 17.6 Å². The third-order valence-electron chi connectivity index (χ3n) is 3.96. The Morgan fingerprint density at radius 2 is 1.81 bits per heavy atom. The van der Waals surface area contributed by atoms with Crippen molar-refractivity contribution in [1.29, 1.82) is 5.41 Å². The summed E-state index contributed by atoms with van der Waals surface area (Å²) >= 11 is 0. The molecule has 0 atom stereocenters. The summed E-state index contributed by atoms with van der Waals surface area (Å²) in [6.45, 7) is 6.96. The van der Waals surface area contributed by atoms with Gasteiger partial charge in [0, 0.05) is 11.3 Å². The molecule has 0 aliphatic carbocycles. The predicted molar refractivity (Wildman–Crippen MR) is 106 cm³/mol. The highest BCUT2D eigenvalue weighted by Crippen LogP contribution is 2.23. The molecule has 2 aromatic carbocycles. The maximum Gasteiger partial charge on any atom is 0.257 e. The van der Waals surface area contributed by atoms with E-state index in [2.05, 4.69) is 31.4 Å². The number of carbonyl (C=O) groups excluding carboxylic acids is 1. The van der Waals surface area contributed by atoms with Crippen molar-refractivity contribution in [1.82, 2.24) is 5.32 Å². The number of anilines is 1. The van der Waals surface area contributed by atoms with E-state index in [4.69, 9.17) is 10.1 Å². The van der Waals surface area contributed by atoms with E-state index >= 15 is 0 Å². The minimum atomic E-state index is -0.329. The zero-order valence-electron chi connectivity index (χ0n) is 15.6. The molecular weight excluding hydrogens is 326 g/mol. The molecule has 0 unspecified atom stereocenters. The summed E-state index contributed by atoms with van der Waals surface area (Å²) in [6.07, 6.45) is 2.08. The Hall–Kier alpha value is -2.82. The monoisotopic (exact) mass is 353 g/mol. The van der Waals surface area contributed by atoms with Crippen LogP contribution in [0.25, 0.3) is 0 Å². The number of para-hydroxylation sites is 1. The van der Waals surface area contributed by atoms with E-state index in [-0.39, 0.29) is 11.9 Å². The quantitative estimate of drug-likeness (QED) is 0.381. The summed E-state index contributed by atoms with van der Waals surface area (Å²) in [6, 6.07) is 14.7. The van der Waals surface area contributed by atoms with Gasteiger partial charge in [-0.25, -0.2) is 0 Å². The molecule has 0 radical (unpaired) electrons. The molecule has 0 fully saturated rings. The number of ether oxygens (including phenoxy) is 1. The summed E-state index contributed by atoms with van der Waals surface area (Å²) < 4.78 is 5.59. The fourth-order valence-corrected chi connectivity index (χ4v) is 2.50. The van der Waals surface area contributed by atoms with E-state index in [1.165, 1.54) is 0 Å². The van der Waals surface area contributed by atoms with E-state index in [0.29, 0.717) is 18.1 Å². The van der Waals surface area contributed by atoms with Gasteiger partial charge in [-0.15, -0.1) is 0 Å². The zero-order valence-corrected chi connectivity index (χ0v) is 15.6. The van der Waals surface area contributed by atoms with Crippen LogP contribution in [0.5, 0.6) is 5.75 Å². The highest BCUT2D eigenvalue weighted by molar-refractivity contribution is 6.09. The number of nitrogens with one attached hydrogen (secondary N) is 3. The first-order valence-electron chi connectivity index (χ1n) is 9.00. The van der Waals surface area contributed by atoms with E-state index < -0.39 is 0 Å². The molecule has 5 nitrogen and oxygen atoms in total. The van der Waals surface area contributed by atoms with E-state index in [0.717, 1.165) is 29.8 Å². The van der Waals surface area contributed by atoms with Crippen LogP contribution < -0.4 is 15.4 Å². The molecule has 0 bridgehead atoms. The van der Waals surface area contributed by atoms with E-state index in [1.54, 1.807) is 24.3 Å². The van der Waals surface area contributed by atoms with Crippen molar-refractivity contribution in [3.8, 4) is 5.75 Å². The molecule has 2 rings (SSSR count). The number of amides is 1. The smallest absolute Gasteiger partial charge is 0.257 e. The lowest BCUT2D eigenvalue weighted by molar-refractivity contribution is 0.0977. The maximum absolute atomic E-state index is 12.3. The van der Waals surface area contributed by atoms with Crippen LogP contribution >= 0.6 is 0 Å². The van der Waals surface area contributed by atoms with Crippen molar-refractivity contribution in [2.75, 3.05) is 11.9 Å². The molecule has 0 aliphatic rings. The van der Waals surface area contributed by atoms with Crippen molar-refractivity contribution < 1.29 is 9.53 Å². The number of unbranched alkanes of at least 4 members (excludes halogenated alkanes) is 1. The van der Waals surface area contributed by atoms with Crippen molar-refractivity contribution in [3.63, 3.8) is 0 Å². The van der Waals surface area contributed by atoms with E-state index in [1.807, 2.05) is 24.3 Å². The first kappa shape index (κ1) is 19.5. The van der Waals surface area contributed by atoms with Gasteiger partial charge >= 0.3 is 0 Å². The van der Waals surface area contributed by atoms with Gasteiger partial charge in [-0.05, 0) is 48.2 Å². The largest absolute Gasteiger partial charge is 0.494 e. The Labute approximate surface area is 155 Å². The zero-order chi connectivity index (χ0) is 18.9. The Kier molecular flexibility index (Phi) is 7.21. The van der Waals surface area contributed by atoms with Crippen LogP contribution in [0.2, 0.25) is 0 Å². The second kappa shape index (κ2) is 9.61. The van der Waals surface area contributed by atoms with Crippen LogP contribution in [0.3, 0.4) is 0 Å². The topological polar surface area (TPSA) is 74.2 Å². The van der Waals surface area contributed by atoms with Crippen LogP contribution in [0.1, 0.15) is 55.5 Å². The number of carbonyl (C=O) groups is 1. The Morgan fingerprint density at radius 3 is 2.46 bits per heavy atom. The summed E-state index contributed by atoms with van der Waals surface area (Å²) in [7, 11) is 0. The average molecular weight is 353 g/mol. The lowest BCUT2D eigenvalue weighted by Gasteiger charge is -2.15. The molecule has 0 aliphatic heterocycles. The van der Waals surface area contributed by atoms with Gasteiger partial charge in [-0.1, -0.05) is 45.4 Å². The van der Waals surface area contributed by atoms with Crippen LogP contribution in [0.15, 0.2) is 48.5 Å². The third-order valence-corrected chi connectivity index (χ3v) is 3.96. The van der Waals surface area contributed by atoms with Crippen LogP contribution in [0.4, 0.5) is 5.69 Å². The molecule has 3 N–H and O–H groups in total. The summed E-state index contributed by atoms with van der Waals surface area (Å²) in [5.41, 5.74) is 2.41. The first-order chi connectivity index (χ1) is 12.5. The summed E-state index contributed by atoms with van der Waals surface area (Å²) in [5.74, 6) is 0.688. The number of hydrogen-bond donors (Lipinski definition) is 3. The van der Waals surface area contributed by atoms with Gasteiger partial charge in [0.25, 0.3) is 5.91 Å². The summed E-state index contributed by atoms with van der Waals surface area (Å²) in [4.78, 5) is 12.3. The second-order valence-electron chi connectivity index (χ2n) is 6.42. The molecule has 0 heterocycles. The van der Waals surface area contributed by atoms with Crippen LogP contribution in [0, 0.1) is 5.41 Å². The average Bonchev–Trinajstić information content (AvgIpc) is 2.62. The molecule has 0 saturated carbocycles. The van der Waals surface area contributed by atoms with Gasteiger partial charge in [-0.3, -0.25) is 15.5 Å². The maximum atomic E-state index is 12.3. The SMILES string of the molecule is CCCCOc1ccc(C(=O)NC(=N)Nc2ccccc2C(C)C)cc1. The molecule has 0 aromatic heterocycles. The molecule has 5 heteroatoms. The number of rotatable bonds is 7. The normalized spacial score (nSPS) is 10.5. The van der Waals surface area contributed by atoms with Gasteiger partial charge in [-0.2, -0.15) is 0 Å². The Morgan fingerprint density at radius 1 is 1.12 bits per heavy atom. The van der Waals surface area contributed by atoms with Gasteiger partial charge in [0.1, 0.15) is 5.75 Å². The van der Waals surface area contributed by atoms with Gasteiger partial charge in [0.2, 0.25) is 0 Å². The first-order valence-corrected chi connectivity index (χ1v) is 9.00. The van der Waals surface area contributed by atoms with Crippen LogP contribution in [-0.4, -0.2) is 18.5 Å². The lowest BCUT2D eigenvalue weighted by atomic mass is 10.0. The van der Waals surface area contributed by atoms with Gasteiger partial charge < -0.3 is 10.1 Å². The fraction of sp³-hybridized carbons (Fsp3) is 0.333. The van der Waals surface area contributed by atoms with Gasteiger partial charge in [0.05, 0.1) is 6.61 Å². The number of benzene rings is 2. The molecule has 138 valence electrons. The molecule has 1 amide bonds. The molecular formula is C21H27N3O2. The van der Waals surface area contributed by atoms with Crippen molar-refractivity contribution in [3.05, 3.63) is 59.7 Å². The highest BCUT2D eigenvalue weighted by atomic mass is 16.5. The summed E-state index contributed by atoms with van der Waals surface area (Å²) in [5, 5.41) is 13.6. The Bertz CT molecular complexity index is 739. The molecule has 0 saturated heterocycles. The van der Waals surface area contributed by atoms with Gasteiger partial charge in [0.15, 0.2) is 5.96 Å². The van der Waals surface area contributed by atoms with Crippen molar-refractivity contribution in [2.24, 2.45) is 0 Å². The minimum Gasteiger partial charge on any atom is -0.494 e. The lowest BCUT2D eigenvalue weighted by Crippen LogP contribution is -2.35. The third kappa shape index (κ3) is 5.62. The number of hydrogen-bond acceptors (Lipinski definition) is 3. The predicted octanol–water partition coefficient (Wildman–Crippen LogP) is 4.77. The molecule has 26 heavy (non-hydrogen) atoms. The molecule has 0 spiro atoms. The minimum absolute atomic E-state index is 0.0497. The standard InChI is InChI=1S/C21H27N3O2/c1-4-5-14-26-17-12-10-16(11-13-17)20(25)24-21(22)23-19-9-7-6-8-18(19)15(2)3/h6-13,15H,4-5,14H2,1-3H3,(H3,22,23,24,25). The van der Waals surface area contributed by atoms with E-state index in [9.17, 15) is 4.79 Å². The second-order valence-corrected chi connectivity index (χ2v) is 6.42. The van der Waals surface area contributed by atoms with Crippen molar-refractivity contribution in [2.45, 2.75) is 39.5 Å². The fourth-order valence-electron chi connectivity index (χ4n) is 2.50. The van der Waals surface area contributed by atoms with Crippen LogP contribution in [-0.2, 0) is 0 Å². The Balaban J connectivity index is 1.94. The highest BCUT2D eigenvalue weighted by Gasteiger charge is 2.11. The molecule has 2 aromatic rings.